The van der Waals surface area contributed by atoms with Crippen LogP contribution in [-0.4, -0.2) is 18.2 Å². The molecule has 0 radical (unpaired) electrons. The predicted molar refractivity (Wildman–Crippen MR) is 62.1 cm³/mol. The van der Waals surface area contributed by atoms with Gasteiger partial charge in [-0.2, -0.15) is 0 Å². The molecule has 0 aromatic heterocycles. The van der Waals surface area contributed by atoms with Gasteiger partial charge in [0.2, 0.25) is 0 Å². The van der Waals surface area contributed by atoms with Crippen LogP contribution in [0.4, 0.5) is 0 Å². The van der Waals surface area contributed by atoms with Gasteiger partial charge in [-0.05, 0) is 48.5 Å². The number of phenols is 1. The second-order valence-electron chi connectivity index (χ2n) is 4.82. The molecule has 2 rings (SSSR count). The van der Waals surface area contributed by atoms with Crippen molar-refractivity contribution >= 4 is 0 Å². The third kappa shape index (κ3) is 1.86. The Morgan fingerprint density at radius 1 is 1.47 bits per heavy atom. The molecule has 2 N–H and O–H groups in total. The van der Waals surface area contributed by atoms with Crippen molar-refractivity contribution in [3.8, 4) is 5.75 Å². The summed E-state index contributed by atoms with van der Waals surface area (Å²) in [6.45, 7) is 6.70. The van der Waals surface area contributed by atoms with Gasteiger partial charge >= 0.3 is 0 Å². The number of nitrogens with one attached hydrogen (secondary N) is 1. The van der Waals surface area contributed by atoms with E-state index in [0.717, 1.165) is 19.5 Å². The zero-order valence-corrected chi connectivity index (χ0v) is 9.46. The van der Waals surface area contributed by atoms with E-state index in [9.17, 15) is 5.11 Å². The van der Waals surface area contributed by atoms with Crippen molar-refractivity contribution in [2.45, 2.75) is 25.7 Å². The Labute approximate surface area is 91.3 Å². The summed E-state index contributed by atoms with van der Waals surface area (Å²) in [5.74, 6) is 0.979. The summed E-state index contributed by atoms with van der Waals surface area (Å²) >= 11 is 0. The Bertz CT molecular complexity index is 350. The molecule has 1 aromatic rings. The molecule has 15 heavy (non-hydrogen) atoms. The lowest BCUT2D eigenvalue weighted by Gasteiger charge is -2.40. The lowest BCUT2D eigenvalue weighted by Crippen LogP contribution is -2.44. The van der Waals surface area contributed by atoms with Crippen LogP contribution < -0.4 is 5.32 Å². The molecule has 1 saturated heterocycles. The highest BCUT2D eigenvalue weighted by Crippen LogP contribution is 2.37. The third-order valence-corrected chi connectivity index (χ3v) is 3.86. The maximum absolute atomic E-state index is 9.53. The Kier molecular flexibility index (Phi) is 2.70. The van der Waals surface area contributed by atoms with Crippen molar-refractivity contribution in [1.82, 2.24) is 5.32 Å². The first-order valence-corrected chi connectivity index (χ1v) is 5.63. The van der Waals surface area contributed by atoms with E-state index in [1.807, 2.05) is 12.1 Å². The summed E-state index contributed by atoms with van der Waals surface area (Å²) in [6.07, 6.45) is 1.14. The van der Waals surface area contributed by atoms with Gasteiger partial charge in [-0.25, -0.2) is 0 Å². The third-order valence-electron chi connectivity index (χ3n) is 3.86. The minimum atomic E-state index is 0.198. The Morgan fingerprint density at radius 3 is 2.93 bits per heavy atom. The number of hydrogen-bond acceptors (Lipinski definition) is 2. The van der Waals surface area contributed by atoms with E-state index < -0.39 is 0 Å². The number of phenolic OH excluding ortho intramolecular Hbond substituents is 1. The zero-order valence-electron chi connectivity index (χ0n) is 9.46. The molecule has 0 bridgehead atoms. The monoisotopic (exact) mass is 205 g/mol. The molecule has 1 aromatic carbocycles. The molecule has 0 unspecified atom stereocenters. The van der Waals surface area contributed by atoms with E-state index >= 15 is 0 Å². The zero-order chi connectivity index (χ0) is 10.9. The molecular weight excluding hydrogens is 186 g/mol. The normalized spacial score (nSPS) is 31.5. The van der Waals surface area contributed by atoms with Crippen molar-refractivity contribution in [2.75, 3.05) is 13.1 Å². The standard InChI is InChI=1S/C13H19NO/c1-10-9-14-7-6-13(10,2)11-4-3-5-12(15)8-11/h3-5,8,10,14-15H,6-7,9H2,1-2H3/t10-,13-/m0/s1. The van der Waals surface area contributed by atoms with E-state index in [4.69, 9.17) is 0 Å². The fraction of sp³-hybridized carbons (Fsp3) is 0.538. The quantitative estimate of drug-likeness (QED) is 0.737. The van der Waals surface area contributed by atoms with Gasteiger partial charge in [0.15, 0.2) is 0 Å². The number of piperidine rings is 1. The summed E-state index contributed by atoms with van der Waals surface area (Å²) in [5.41, 5.74) is 1.46. The summed E-state index contributed by atoms with van der Waals surface area (Å²) in [5, 5.41) is 12.9. The molecule has 1 heterocycles. The molecule has 1 aliphatic rings. The van der Waals surface area contributed by atoms with Crippen LogP contribution in [0, 0.1) is 5.92 Å². The van der Waals surface area contributed by atoms with Crippen LogP contribution >= 0.6 is 0 Å². The van der Waals surface area contributed by atoms with Crippen molar-refractivity contribution < 1.29 is 5.11 Å². The Balaban J connectivity index is 2.34. The summed E-state index contributed by atoms with van der Waals surface area (Å²) in [4.78, 5) is 0. The highest BCUT2D eigenvalue weighted by atomic mass is 16.3. The lowest BCUT2D eigenvalue weighted by atomic mass is 9.68. The largest absolute Gasteiger partial charge is 0.508 e. The van der Waals surface area contributed by atoms with E-state index in [-0.39, 0.29) is 5.41 Å². The first kappa shape index (κ1) is 10.5. The molecule has 1 fully saturated rings. The van der Waals surface area contributed by atoms with Gasteiger partial charge in [0, 0.05) is 0 Å². The van der Waals surface area contributed by atoms with Gasteiger partial charge in [-0.3, -0.25) is 0 Å². The smallest absolute Gasteiger partial charge is 0.115 e. The van der Waals surface area contributed by atoms with Gasteiger partial charge in [0.25, 0.3) is 0 Å². The fourth-order valence-electron chi connectivity index (χ4n) is 2.43. The highest BCUT2D eigenvalue weighted by Gasteiger charge is 2.35. The second-order valence-corrected chi connectivity index (χ2v) is 4.82. The summed E-state index contributed by atoms with van der Waals surface area (Å²) in [7, 11) is 0. The number of benzene rings is 1. The van der Waals surface area contributed by atoms with Crippen LogP contribution in [0.2, 0.25) is 0 Å². The van der Waals surface area contributed by atoms with Gasteiger partial charge in [0.05, 0.1) is 0 Å². The number of aromatic hydroxyl groups is 1. The van der Waals surface area contributed by atoms with Crippen molar-refractivity contribution in [2.24, 2.45) is 5.92 Å². The van der Waals surface area contributed by atoms with Gasteiger partial charge in [-0.15, -0.1) is 0 Å². The topological polar surface area (TPSA) is 32.3 Å². The molecule has 2 nitrogen and oxygen atoms in total. The van der Waals surface area contributed by atoms with Crippen LogP contribution in [0.15, 0.2) is 24.3 Å². The SMILES string of the molecule is C[C@H]1CNCC[C@]1(C)c1cccc(O)c1. The van der Waals surface area contributed by atoms with Crippen LogP contribution in [0.5, 0.6) is 5.75 Å². The minimum Gasteiger partial charge on any atom is -0.508 e. The fourth-order valence-corrected chi connectivity index (χ4v) is 2.43. The van der Waals surface area contributed by atoms with E-state index in [1.54, 1.807) is 6.07 Å². The Hall–Kier alpha value is -1.02. The minimum absolute atomic E-state index is 0.198. The number of rotatable bonds is 1. The molecule has 2 heteroatoms. The maximum atomic E-state index is 9.53. The molecule has 0 aliphatic carbocycles. The van der Waals surface area contributed by atoms with E-state index in [2.05, 4.69) is 25.2 Å². The van der Waals surface area contributed by atoms with E-state index in [0.29, 0.717) is 11.7 Å². The maximum Gasteiger partial charge on any atom is 0.115 e. The molecule has 82 valence electrons. The summed E-state index contributed by atoms with van der Waals surface area (Å²) in [6, 6.07) is 7.70. The molecule has 2 atom stereocenters. The summed E-state index contributed by atoms with van der Waals surface area (Å²) < 4.78 is 0. The lowest BCUT2D eigenvalue weighted by molar-refractivity contribution is 0.237. The predicted octanol–water partition coefficient (Wildman–Crippen LogP) is 2.28. The Morgan fingerprint density at radius 2 is 2.27 bits per heavy atom. The molecule has 0 saturated carbocycles. The molecule has 1 aliphatic heterocycles. The van der Waals surface area contributed by atoms with Crippen molar-refractivity contribution in [3.05, 3.63) is 29.8 Å². The van der Waals surface area contributed by atoms with E-state index in [1.165, 1.54) is 5.56 Å². The van der Waals surface area contributed by atoms with Crippen LogP contribution in [-0.2, 0) is 5.41 Å². The van der Waals surface area contributed by atoms with Crippen molar-refractivity contribution in [1.29, 1.82) is 0 Å². The second kappa shape index (κ2) is 3.86. The highest BCUT2D eigenvalue weighted by molar-refractivity contribution is 5.33. The average Bonchev–Trinajstić information content (AvgIpc) is 2.23. The van der Waals surface area contributed by atoms with Crippen LogP contribution in [0.1, 0.15) is 25.8 Å². The van der Waals surface area contributed by atoms with Crippen molar-refractivity contribution in [3.63, 3.8) is 0 Å². The van der Waals surface area contributed by atoms with Gasteiger partial charge in [-0.1, -0.05) is 26.0 Å². The van der Waals surface area contributed by atoms with Gasteiger partial charge < -0.3 is 10.4 Å². The number of hydrogen-bond donors (Lipinski definition) is 2. The van der Waals surface area contributed by atoms with Gasteiger partial charge in [0.1, 0.15) is 5.75 Å². The first-order valence-electron chi connectivity index (χ1n) is 5.63. The molecular formula is C13H19NO. The first-order chi connectivity index (χ1) is 7.13. The molecule has 0 spiro atoms. The van der Waals surface area contributed by atoms with Crippen LogP contribution in [0.25, 0.3) is 0 Å². The average molecular weight is 205 g/mol. The molecule has 0 amide bonds. The van der Waals surface area contributed by atoms with Crippen LogP contribution in [0.3, 0.4) is 0 Å².